The fourth-order valence-electron chi connectivity index (χ4n) is 2.05. The first kappa shape index (κ1) is 13.5. The van der Waals surface area contributed by atoms with E-state index in [-0.39, 0.29) is 17.9 Å². The molecule has 1 amide bonds. The third-order valence-electron chi connectivity index (χ3n) is 3.61. The quantitative estimate of drug-likeness (QED) is 0.798. The normalized spacial score (nSPS) is 19.1. The zero-order chi connectivity index (χ0) is 12.4. The third kappa shape index (κ3) is 2.97. The van der Waals surface area contributed by atoms with Crippen LogP contribution >= 0.6 is 0 Å². The van der Waals surface area contributed by atoms with Crippen molar-refractivity contribution in [3.63, 3.8) is 0 Å². The van der Waals surface area contributed by atoms with Crippen LogP contribution < -0.4 is 0 Å². The molecule has 16 heavy (non-hydrogen) atoms. The molecule has 0 bridgehead atoms. The molecule has 1 saturated carbocycles. The van der Waals surface area contributed by atoms with Crippen LogP contribution in [0.5, 0.6) is 0 Å². The topological polar surface area (TPSA) is 40.5 Å². The molecule has 0 saturated heterocycles. The van der Waals surface area contributed by atoms with E-state index in [4.69, 9.17) is 0 Å². The first-order valence-corrected chi connectivity index (χ1v) is 6.17. The largest absolute Gasteiger partial charge is 0.395 e. The van der Waals surface area contributed by atoms with Gasteiger partial charge in [0.25, 0.3) is 0 Å². The lowest BCUT2D eigenvalue weighted by atomic mass is 9.68. The number of aliphatic hydroxyl groups is 1. The van der Waals surface area contributed by atoms with Crippen molar-refractivity contribution in [2.24, 2.45) is 10.8 Å². The number of aliphatic hydroxyl groups excluding tert-OH is 1. The summed E-state index contributed by atoms with van der Waals surface area (Å²) in [4.78, 5) is 14.0. The molecule has 1 aliphatic rings. The van der Waals surface area contributed by atoms with Crippen LogP contribution in [0.3, 0.4) is 0 Å². The fourth-order valence-corrected chi connectivity index (χ4v) is 2.05. The van der Waals surface area contributed by atoms with Crippen LogP contribution in [0, 0.1) is 10.8 Å². The lowest BCUT2D eigenvalue weighted by Gasteiger charge is -2.41. The molecule has 0 aromatic rings. The molecule has 94 valence electrons. The number of carbonyl (C=O) groups is 1. The van der Waals surface area contributed by atoms with E-state index in [2.05, 4.69) is 20.8 Å². The van der Waals surface area contributed by atoms with Crippen LogP contribution in [-0.2, 0) is 4.79 Å². The van der Waals surface area contributed by atoms with Crippen molar-refractivity contribution < 1.29 is 9.90 Å². The highest BCUT2D eigenvalue weighted by Crippen LogP contribution is 2.41. The molecular weight excluding hydrogens is 202 g/mol. The molecule has 3 heteroatoms. The summed E-state index contributed by atoms with van der Waals surface area (Å²) < 4.78 is 0. The Labute approximate surface area is 98.8 Å². The molecule has 0 heterocycles. The van der Waals surface area contributed by atoms with Gasteiger partial charge < -0.3 is 10.0 Å². The van der Waals surface area contributed by atoms with E-state index in [1.807, 2.05) is 7.05 Å². The van der Waals surface area contributed by atoms with E-state index in [0.29, 0.717) is 0 Å². The molecule has 0 unspecified atom stereocenters. The summed E-state index contributed by atoms with van der Waals surface area (Å²) in [6.07, 6.45) is 3.76. The van der Waals surface area contributed by atoms with Gasteiger partial charge in [0.15, 0.2) is 0 Å². The summed E-state index contributed by atoms with van der Waals surface area (Å²) in [5.74, 6) is 0.130. The number of hydrogen-bond acceptors (Lipinski definition) is 2. The molecule has 0 aromatic heterocycles. The van der Waals surface area contributed by atoms with Gasteiger partial charge in [-0.1, -0.05) is 27.2 Å². The van der Waals surface area contributed by atoms with Crippen LogP contribution in [-0.4, -0.2) is 36.1 Å². The average Bonchev–Trinajstić information content (AvgIpc) is 2.12. The lowest BCUT2D eigenvalue weighted by Crippen LogP contribution is -2.49. The average molecular weight is 227 g/mol. The minimum Gasteiger partial charge on any atom is -0.395 e. The Morgan fingerprint density at radius 3 is 2.25 bits per heavy atom. The molecule has 1 rings (SSSR count). The Kier molecular flexibility index (Phi) is 4.00. The Morgan fingerprint density at radius 1 is 1.38 bits per heavy atom. The number of hydrogen-bond donors (Lipinski definition) is 1. The zero-order valence-corrected chi connectivity index (χ0v) is 11.0. The summed E-state index contributed by atoms with van der Waals surface area (Å²) in [6.45, 7) is 7.32. The van der Waals surface area contributed by atoms with Gasteiger partial charge in [0.05, 0.1) is 12.0 Å². The van der Waals surface area contributed by atoms with E-state index in [0.717, 1.165) is 32.2 Å². The van der Waals surface area contributed by atoms with Gasteiger partial charge >= 0.3 is 0 Å². The Morgan fingerprint density at radius 2 is 1.94 bits per heavy atom. The highest BCUT2D eigenvalue weighted by molar-refractivity contribution is 5.83. The second kappa shape index (κ2) is 4.74. The van der Waals surface area contributed by atoms with Crippen molar-refractivity contribution in [3.05, 3.63) is 0 Å². The second-order valence-corrected chi connectivity index (χ2v) is 6.33. The molecule has 1 aliphatic carbocycles. The Hall–Kier alpha value is -0.570. The van der Waals surface area contributed by atoms with Crippen LogP contribution in [0.1, 0.15) is 46.5 Å². The molecule has 3 nitrogen and oxygen atoms in total. The third-order valence-corrected chi connectivity index (χ3v) is 3.61. The van der Waals surface area contributed by atoms with Crippen LogP contribution in [0.25, 0.3) is 0 Å². The van der Waals surface area contributed by atoms with Crippen molar-refractivity contribution in [2.45, 2.75) is 46.5 Å². The van der Waals surface area contributed by atoms with Crippen molar-refractivity contribution >= 4 is 5.91 Å². The maximum Gasteiger partial charge on any atom is 0.230 e. The standard InChI is InChI=1S/C13H25NO2/c1-12(2,3)8-9-14(4)11(16)13(10-15)6-5-7-13/h15H,5-10H2,1-4H3. The van der Waals surface area contributed by atoms with Gasteiger partial charge in [-0.25, -0.2) is 0 Å². The maximum atomic E-state index is 12.2. The first-order valence-electron chi connectivity index (χ1n) is 6.17. The minimum atomic E-state index is -0.438. The predicted molar refractivity (Wildman–Crippen MR) is 65.1 cm³/mol. The fraction of sp³-hybridized carbons (Fsp3) is 0.923. The molecule has 1 fully saturated rings. The SMILES string of the molecule is CN(CCC(C)(C)C)C(=O)C1(CO)CCC1. The minimum absolute atomic E-state index is 0.00565. The van der Waals surface area contributed by atoms with Crippen LogP contribution in [0.15, 0.2) is 0 Å². The summed E-state index contributed by atoms with van der Waals surface area (Å²) in [6, 6.07) is 0. The van der Waals surface area contributed by atoms with Gasteiger partial charge in [-0.05, 0) is 24.7 Å². The number of rotatable bonds is 4. The van der Waals surface area contributed by atoms with E-state index in [1.54, 1.807) is 4.90 Å². The monoisotopic (exact) mass is 227 g/mol. The number of carbonyl (C=O) groups excluding carboxylic acids is 1. The summed E-state index contributed by atoms with van der Waals surface area (Å²) in [5, 5.41) is 9.34. The molecule has 0 aromatic carbocycles. The first-order chi connectivity index (χ1) is 7.31. The van der Waals surface area contributed by atoms with E-state index in [9.17, 15) is 9.90 Å². The molecule has 0 spiro atoms. The number of amides is 1. The summed E-state index contributed by atoms with van der Waals surface area (Å²) >= 11 is 0. The highest BCUT2D eigenvalue weighted by atomic mass is 16.3. The van der Waals surface area contributed by atoms with E-state index >= 15 is 0 Å². The maximum absolute atomic E-state index is 12.2. The van der Waals surface area contributed by atoms with Gasteiger partial charge in [0, 0.05) is 13.6 Å². The molecule has 1 N–H and O–H groups in total. The Bertz CT molecular complexity index is 246. The lowest BCUT2D eigenvalue weighted by molar-refractivity contribution is -0.149. The van der Waals surface area contributed by atoms with E-state index < -0.39 is 5.41 Å². The zero-order valence-electron chi connectivity index (χ0n) is 11.0. The van der Waals surface area contributed by atoms with Gasteiger partial charge in [0.2, 0.25) is 5.91 Å². The second-order valence-electron chi connectivity index (χ2n) is 6.33. The van der Waals surface area contributed by atoms with Crippen molar-refractivity contribution in [3.8, 4) is 0 Å². The Balaban J connectivity index is 2.47. The number of nitrogens with zero attached hydrogens (tertiary/aromatic N) is 1. The van der Waals surface area contributed by atoms with Gasteiger partial charge in [-0.2, -0.15) is 0 Å². The van der Waals surface area contributed by atoms with Gasteiger partial charge in [-0.3, -0.25) is 4.79 Å². The van der Waals surface area contributed by atoms with Gasteiger partial charge in [-0.15, -0.1) is 0 Å². The van der Waals surface area contributed by atoms with Crippen molar-refractivity contribution in [1.29, 1.82) is 0 Å². The predicted octanol–water partition coefficient (Wildman–Crippen LogP) is 2.04. The summed E-state index contributed by atoms with van der Waals surface area (Å²) in [7, 11) is 1.85. The smallest absolute Gasteiger partial charge is 0.230 e. The molecular formula is C13H25NO2. The molecule has 0 atom stereocenters. The van der Waals surface area contributed by atoms with Crippen molar-refractivity contribution in [2.75, 3.05) is 20.2 Å². The molecule has 0 radical (unpaired) electrons. The summed E-state index contributed by atoms with van der Waals surface area (Å²) in [5.41, 5.74) is -0.187. The van der Waals surface area contributed by atoms with Crippen LogP contribution in [0.4, 0.5) is 0 Å². The van der Waals surface area contributed by atoms with Crippen LogP contribution in [0.2, 0.25) is 0 Å². The van der Waals surface area contributed by atoms with E-state index in [1.165, 1.54) is 0 Å². The molecule has 0 aliphatic heterocycles. The van der Waals surface area contributed by atoms with Crippen molar-refractivity contribution in [1.82, 2.24) is 4.90 Å². The van der Waals surface area contributed by atoms with Gasteiger partial charge in [0.1, 0.15) is 0 Å². The highest BCUT2D eigenvalue weighted by Gasteiger charge is 2.44.